The van der Waals surface area contributed by atoms with E-state index >= 15 is 0 Å². The molecule has 1 atom stereocenters. The minimum atomic E-state index is -1.23. The van der Waals surface area contributed by atoms with Crippen molar-refractivity contribution in [1.29, 1.82) is 0 Å². The number of carbonyl (C=O) groups excluding carboxylic acids is 1. The summed E-state index contributed by atoms with van der Waals surface area (Å²) >= 11 is 4.34. The van der Waals surface area contributed by atoms with Crippen LogP contribution in [0, 0.1) is 12.8 Å². The Bertz CT molecular complexity index is 1340. The normalized spacial score (nSPS) is 14.5. The van der Waals surface area contributed by atoms with E-state index in [-0.39, 0.29) is 22.5 Å². The van der Waals surface area contributed by atoms with Gasteiger partial charge in [0.2, 0.25) is 0 Å². The zero-order valence-corrected chi connectivity index (χ0v) is 22.9. The molecule has 1 unspecified atom stereocenters. The highest BCUT2D eigenvalue weighted by Gasteiger charge is 2.32. The molecule has 2 aromatic carbocycles. The van der Waals surface area contributed by atoms with Gasteiger partial charge in [-0.1, -0.05) is 30.3 Å². The first kappa shape index (κ1) is 27.6. The Hall–Kier alpha value is -3.41. The number of ether oxygens (including phenoxy) is 2. The quantitative estimate of drug-likeness (QED) is 0.254. The Morgan fingerprint density at radius 1 is 1.13 bits per heavy atom. The number of carbonyl (C=O) groups is 3. The molecule has 2 heterocycles. The molecule has 9 nitrogen and oxygen atoms in total. The number of aryl methyl sites for hydroxylation is 1. The molecule has 1 saturated heterocycles. The van der Waals surface area contributed by atoms with Crippen LogP contribution in [0.25, 0.3) is 10.4 Å². The molecule has 0 bridgehead atoms. The number of piperidine rings is 1. The van der Waals surface area contributed by atoms with Crippen molar-refractivity contribution in [3.05, 3.63) is 63.4 Å². The number of hydrogen-bond donors (Lipinski definition) is 4. The van der Waals surface area contributed by atoms with Crippen LogP contribution in [0.4, 0.5) is 5.69 Å². The molecule has 1 fully saturated rings. The smallest absolute Gasteiger partial charge is 0.349 e. The average Bonchev–Trinajstić information content (AvgIpc) is 3.24. The Labute approximate surface area is 231 Å². The number of hydrogen-bond acceptors (Lipinski definition) is 7. The van der Waals surface area contributed by atoms with Gasteiger partial charge in [-0.3, -0.25) is 4.79 Å². The van der Waals surface area contributed by atoms with E-state index in [0.29, 0.717) is 20.7 Å². The summed E-state index contributed by atoms with van der Waals surface area (Å²) in [5, 5.41) is 24.9. The fourth-order valence-corrected chi connectivity index (χ4v) is 6.16. The van der Waals surface area contributed by atoms with Gasteiger partial charge >= 0.3 is 11.9 Å². The van der Waals surface area contributed by atoms with Gasteiger partial charge in [0.05, 0.1) is 9.35 Å². The number of carboxylic acids is 2. The standard InChI is InChI=1S/C27H27BrN2O7S/c1-15-5-2-3-8-19(15)30-26(33)22(16-9-11-29-12-10-16)37-18-7-4-6-17(13-18)24-21(28)23(36-14-20(31)32)25(38-24)27(34)35/h2-8,13,16,22,29H,9-12,14H2,1H3,(H,30,33)(H,31,32)(H,34,35). The number of para-hydroxylation sites is 1. The zero-order valence-electron chi connectivity index (χ0n) is 20.5. The van der Waals surface area contributed by atoms with Gasteiger partial charge in [0.25, 0.3) is 5.91 Å². The van der Waals surface area contributed by atoms with Gasteiger partial charge in [0, 0.05) is 11.6 Å². The summed E-state index contributed by atoms with van der Waals surface area (Å²) in [6, 6.07) is 14.6. The molecular formula is C27H27BrN2O7S. The van der Waals surface area contributed by atoms with Crippen LogP contribution in [-0.2, 0) is 9.59 Å². The highest BCUT2D eigenvalue weighted by Crippen LogP contribution is 2.46. The topological polar surface area (TPSA) is 134 Å². The molecule has 1 aliphatic heterocycles. The Kier molecular flexibility index (Phi) is 9.03. The van der Waals surface area contributed by atoms with Gasteiger partial charge in [0.15, 0.2) is 23.3 Å². The lowest BCUT2D eigenvalue weighted by atomic mass is 9.91. The summed E-state index contributed by atoms with van der Waals surface area (Å²) in [5.74, 6) is -2.26. The molecule has 0 spiro atoms. The molecule has 1 aliphatic rings. The summed E-state index contributed by atoms with van der Waals surface area (Å²) < 4.78 is 11.9. The maximum Gasteiger partial charge on any atom is 0.349 e. The second kappa shape index (κ2) is 12.4. The third kappa shape index (κ3) is 6.53. The third-order valence-electron chi connectivity index (χ3n) is 6.18. The van der Waals surface area contributed by atoms with E-state index in [2.05, 4.69) is 26.6 Å². The molecule has 0 saturated carbocycles. The number of aromatic carboxylic acids is 1. The van der Waals surface area contributed by atoms with Crippen molar-refractivity contribution in [2.24, 2.45) is 5.92 Å². The second-order valence-electron chi connectivity index (χ2n) is 8.85. The largest absolute Gasteiger partial charge is 0.480 e. The summed E-state index contributed by atoms with van der Waals surface area (Å²) in [7, 11) is 0. The number of benzene rings is 2. The van der Waals surface area contributed by atoms with Crippen molar-refractivity contribution < 1.29 is 34.1 Å². The number of thiophene rings is 1. The van der Waals surface area contributed by atoms with Gasteiger partial charge in [-0.15, -0.1) is 11.3 Å². The van der Waals surface area contributed by atoms with Gasteiger partial charge in [0.1, 0.15) is 5.75 Å². The Morgan fingerprint density at radius 2 is 1.87 bits per heavy atom. The van der Waals surface area contributed by atoms with Crippen molar-refractivity contribution in [2.45, 2.75) is 25.9 Å². The highest BCUT2D eigenvalue weighted by molar-refractivity contribution is 9.10. The third-order valence-corrected chi connectivity index (χ3v) is 8.40. The fourth-order valence-electron chi connectivity index (χ4n) is 4.27. The molecule has 1 amide bonds. The first-order valence-corrected chi connectivity index (χ1v) is 13.6. The van der Waals surface area contributed by atoms with Gasteiger partial charge in [-0.2, -0.15) is 0 Å². The van der Waals surface area contributed by atoms with E-state index in [1.165, 1.54) is 0 Å². The molecule has 11 heteroatoms. The maximum absolute atomic E-state index is 13.4. The number of anilines is 1. The SMILES string of the molecule is Cc1ccccc1NC(=O)C(Oc1cccc(-c2sc(C(=O)O)c(OCC(=O)O)c2Br)c1)C1CCNCC1. The van der Waals surface area contributed by atoms with Crippen LogP contribution in [0.5, 0.6) is 11.5 Å². The Morgan fingerprint density at radius 3 is 2.55 bits per heavy atom. The van der Waals surface area contributed by atoms with Crippen LogP contribution >= 0.6 is 27.3 Å². The van der Waals surface area contributed by atoms with Crippen LogP contribution in [0.3, 0.4) is 0 Å². The lowest BCUT2D eigenvalue weighted by Crippen LogP contribution is -2.44. The van der Waals surface area contributed by atoms with Crippen LogP contribution in [0.2, 0.25) is 0 Å². The van der Waals surface area contributed by atoms with Crippen molar-refractivity contribution in [1.82, 2.24) is 5.32 Å². The monoisotopic (exact) mass is 602 g/mol. The minimum absolute atomic E-state index is 0.00651. The number of nitrogens with one attached hydrogen (secondary N) is 2. The molecule has 1 aromatic heterocycles. The predicted octanol–water partition coefficient (Wildman–Crippen LogP) is 5.03. The van der Waals surface area contributed by atoms with E-state index in [9.17, 15) is 19.5 Å². The summed E-state index contributed by atoms with van der Waals surface area (Å²) in [5.41, 5.74) is 2.31. The van der Waals surface area contributed by atoms with Gasteiger partial charge in [-0.05, 0) is 78.1 Å². The fraction of sp³-hybridized carbons (Fsp3) is 0.296. The zero-order chi connectivity index (χ0) is 27.2. The van der Waals surface area contributed by atoms with Crippen molar-refractivity contribution in [3.8, 4) is 21.9 Å². The molecule has 4 rings (SSSR count). The molecule has 0 aliphatic carbocycles. The van der Waals surface area contributed by atoms with E-state index in [0.717, 1.165) is 48.5 Å². The summed E-state index contributed by atoms with van der Waals surface area (Å²) in [4.78, 5) is 36.6. The first-order valence-electron chi connectivity index (χ1n) is 12.0. The van der Waals surface area contributed by atoms with E-state index in [1.807, 2.05) is 31.2 Å². The van der Waals surface area contributed by atoms with Crippen LogP contribution < -0.4 is 20.1 Å². The maximum atomic E-state index is 13.4. The van der Waals surface area contributed by atoms with Gasteiger partial charge < -0.3 is 30.3 Å². The average molecular weight is 603 g/mol. The van der Waals surface area contributed by atoms with E-state index < -0.39 is 24.6 Å². The summed E-state index contributed by atoms with van der Waals surface area (Å²) in [6.45, 7) is 2.84. The lowest BCUT2D eigenvalue weighted by molar-refractivity contribution is -0.139. The first-order chi connectivity index (χ1) is 18.2. The predicted molar refractivity (Wildman–Crippen MR) is 147 cm³/mol. The molecule has 200 valence electrons. The number of rotatable bonds is 10. The van der Waals surface area contributed by atoms with Gasteiger partial charge in [-0.25, -0.2) is 9.59 Å². The number of amides is 1. The summed E-state index contributed by atoms with van der Waals surface area (Å²) in [6.07, 6.45) is 0.838. The van der Waals surface area contributed by atoms with Crippen molar-refractivity contribution in [2.75, 3.05) is 25.0 Å². The van der Waals surface area contributed by atoms with Crippen LogP contribution in [0.15, 0.2) is 53.0 Å². The molecule has 3 aromatic rings. The van der Waals surface area contributed by atoms with E-state index in [1.54, 1.807) is 24.3 Å². The molecular weight excluding hydrogens is 576 g/mol. The van der Waals surface area contributed by atoms with E-state index in [4.69, 9.17) is 14.6 Å². The second-order valence-corrected chi connectivity index (χ2v) is 10.7. The number of halogens is 1. The minimum Gasteiger partial charge on any atom is -0.480 e. The molecule has 0 radical (unpaired) electrons. The van der Waals surface area contributed by atoms with Crippen molar-refractivity contribution >= 4 is 50.8 Å². The molecule has 4 N–H and O–H groups in total. The number of carboxylic acid groups (broad SMARTS) is 2. The van der Waals surface area contributed by atoms with Crippen LogP contribution in [-0.4, -0.2) is 53.9 Å². The van der Waals surface area contributed by atoms with Crippen molar-refractivity contribution in [3.63, 3.8) is 0 Å². The van der Waals surface area contributed by atoms with Crippen LogP contribution in [0.1, 0.15) is 28.1 Å². The lowest BCUT2D eigenvalue weighted by Gasteiger charge is -2.30. The highest BCUT2D eigenvalue weighted by atomic mass is 79.9. The molecule has 38 heavy (non-hydrogen) atoms. The Balaban J connectivity index is 1.63. The number of aliphatic carboxylic acids is 1.